The predicted molar refractivity (Wildman–Crippen MR) is 68.3 cm³/mol. The number of thioether (sulfide) groups is 1. The first kappa shape index (κ1) is 10.3. The van der Waals surface area contributed by atoms with Crippen LogP contribution in [0.2, 0.25) is 0 Å². The van der Waals surface area contributed by atoms with Crippen LogP contribution in [0.4, 0.5) is 0 Å². The van der Waals surface area contributed by atoms with Gasteiger partial charge in [-0.3, -0.25) is 0 Å². The monoisotopic (exact) mass is 222 g/mol. The van der Waals surface area contributed by atoms with Gasteiger partial charge < -0.3 is 0 Å². The van der Waals surface area contributed by atoms with E-state index in [-0.39, 0.29) is 0 Å². The van der Waals surface area contributed by atoms with E-state index < -0.39 is 0 Å². The first-order chi connectivity index (χ1) is 7.27. The maximum atomic E-state index is 2.55. The first-order valence-corrected chi connectivity index (χ1v) is 7.65. The van der Waals surface area contributed by atoms with Crippen LogP contribution in [-0.4, -0.2) is 11.5 Å². The van der Waals surface area contributed by atoms with Gasteiger partial charge in [0.15, 0.2) is 0 Å². The highest BCUT2D eigenvalue weighted by Gasteiger charge is 2.55. The summed E-state index contributed by atoms with van der Waals surface area (Å²) in [4.78, 5) is 0. The van der Waals surface area contributed by atoms with Crippen molar-refractivity contribution in [1.29, 1.82) is 0 Å². The van der Waals surface area contributed by atoms with Crippen molar-refractivity contribution in [3.8, 4) is 0 Å². The summed E-state index contributed by atoms with van der Waals surface area (Å²) in [5.41, 5.74) is 3.11. The van der Waals surface area contributed by atoms with Crippen molar-refractivity contribution in [3.63, 3.8) is 0 Å². The molecular formula is C14H22S. The van der Waals surface area contributed by atoms with Crippen LogP contribution in [0, 0.1) is 10.8 Å². The van der Waals surface area contributed by atoms with E-state index in [2.05, 4.69) is 24.8 Å². The molecule has 0 aromatic heterocycles. The number of allylic oxidation sites excluding steroid dienone is 2. The highest BCUT2D eigenvalue weighted by atomic mass is 32.2. The van der Waals surface area contributed by atoms with Crippen molar-refractivity contribution < 1.29 is 0 Å². The fourth-order valence-corrected chi connectivity index (χ4v) is 6.21. The molecule has 1 aliphatic heterocycles. The van der Waals surface area contributed by atoms with Gasteiger partial charge in [0.2, 0.25) is 0 Å². The van der Waals surface area contributed by atoms with Gasteiger partial charge in [0.05, 0.1) is 0 Å². The Hall–Kier alpha value is 0.0900. The molecule has 0 aromatic carbocycles. The van der Waals surface area contributed by atoms with Crippen molar-refractivity contribution >= 4 is 11.8 Å². The van der Waals surface area contributed by atoms with Crippen molar-refractivity contribution in [2.24, 2.45) is 10.8 Å². The molecule has 0 radical (unpaired) electrons. The topological polar surface area (TPSA) is 0 Å². The SMILES string of the molecule is CC1=CCC23CCCCCC2(CSC3)C1. The molecule has 0 spiro atoms. The molecule has 1 heterocycles. The van der Waals surface area contributed by atoms with Crippen molar-refractivity contribution in [2.45, 2.75) is 51.9 Å². The van der Waals surface area contributed by atoms with Gasteiger partial charge in [0.25, 0.3) is 0 Å². The highest BCUT2D eigenvalue weighted by molar-refractivity contribution is 7.99. The average molecular weight is 222 g/mol. The minimum absolute atomic E-state index is 0.715. The summed E-state index contributed by atoms with van der Waals surface area (Å²) in [6.45, 7) is 2.35. The zero-order valence-corrected chi connectivity index (χ0v) is 10.7. The molecule has 2 unspecified atom stereocenters. The third-order valence-corrected chi connectivity index (χ3v) is 6.66. The third-order valence-electron chi connectivity index (χ3n) is 5.15. The molecule has 0 nitrogen and oxygen atoms in total. The van der Waals surface area contributed by atoms with E-state index in [0.29, 0.717) is 10.8 Å². The van der Waals surface area contributed by atoms with Crippen LogP contribution in [0.15, 0.2) is 11.6 Å². The molecule has 0 bridgehead atoms. The molecule has 0 N–H and O–H groups in total. The van der Waals surface area contributed by atoms with Gasteiger partial charge in [0, 0.05) is 0 Å². The van der Waals surface area contributed by atoms with Gasteiger partial charge in [-0.15, -0.1) is 0 Å². The number of hydrogen-bond donors (Lipinski definition) is 0. The van der Waals surface area contributed by atoms with Gasteiger partial charge in [0.1, 0.15) is 0 Å². The van der Waals surface area contributed by atoms with Crippen LogP contribution in [0.3, 0.4) is 0 Å². The lowest BCUT2D eigenvalue weighted by atomic mass is 9.56. The molecule has 15 heavy (non-hydrogen) atoms. The van der Waals surface area contributed by atoms with Crippen LogP contribution in [0.25, 0.3) is 0 Å². The van der Waals surface area contributed by atoms with Crippen LogP contribution in [0.1, 0.15) is 51.9 Å². The molecule has 2 fully saturated rings. The van der Waals surface area contributed by atoms with E-state index in [4.69, 9.17) is 0 Å². The number of hydrogen-bond acceptors (Lipinski definition) is 1. The molecule has 2 aliphatic carbocycles. The Morgan fingerprint density at radius 1 is 1.07 bits per heavy atom. The molecule has 84 valence electrons. The van der Waals surface area contributed by atoms with E-state index in [0.717, 1.165) is 0 Å². The molecular weight excluding hydrogens is 200 g/mol. The highest BCUT2D eigenvalue weighted by Crippen LogP contribution is 2.63. The van der Waals surface area contributed by atoms with Gasteiger partial charge in [-0.1, -0.05) is 30.9 Å². The van der Waals surface area contributed by atoms with E-state index >= 15 is 0 Å². The zero-order valence-electron chi connectivity index (χ0n) is 9.85. The van der Waals surface area contributed by atoms with Gasteiger partial charge in [-0.25, -0.2) is 0 Å². The summed E-state index contributed by atoms with van der Waals surface area (Å²) in [7, 11) is 0. The quantitative estimate of drug-likeness (QED) is 0.547. The van der Waals surface area contributed by atoms with E-state index in [1.54, 1.807) is 5.57 Å². The lowest BCUT2D eigenvalue weighted by Gasteiger charge is -2.47. The second-order valence-corrected chi connectivity index (χ2v) is 7.03. The second kappa shape index (κ2) is 3.55. The fourth-order valence-electron chi connectivity index (χ4n) is 4.21. The van der Waals surface area contributed by atoms with E-state index in [1.165, 1.54) is 56.5 Å². The van der Waals surface area contributed by atoms with Crippen LogP contribution >= 0.6 is 11.8 Å². The molecule has 3 aliphatic rings. The Kier molecular flexibility index (Phi) is 2.43. The van der Waals surface area contributed by atoms with Crippen molar-refractivity contribution in [3.05, 3.63) is 11.6 Å². The molecule has 0 aromatic rings. The Bertz CT molecular complexity index is 294. The van der Waals surface area contributed by atoms with Crippen LogP contribution in [0.5, 0.6) is 0 Å². The van der Waals surface area contributed by atoms with Gasteiger partial charge in [-0.05, 0) is 54.9 Å². The minimum Gasteiger partial charge on any atom is -0.161 e. The van der Waals surface area contributed by atoms with E-state index in [1.807, 2.05) is 0 Å². The summed E-state index contributed by atoms with van der Waals surface area (Å²) in [6.07, 6.45) is 12.9. The summed E-state index contributed by atoms with van der Waals surface area (Å²) < 4.78 is 0. The first-order valence-electron chi connectivity index (χ1n) is 6.50. The standard InChI is InChI=1S/C14H22S/c1-12-5-8-13-6-3-2-4-7-14(13,9-12)11-15-10-13/h5H,2-4,6-11H2,1H3. The lowest BCUT2D eigenvalue weighted by Crippen LogP contribution is -2.42. The normalized spacial score (nSPS) is 45.3. The van der Waals surface area contributed by atoms with E-state index in [9.17, 15) is 0 Å². The lowest BCUT2D eigenvalue weighted by molar-refractivity contribution is 0.0741. The van der Waals surface area contributed by atoms with Crippen LogP contribution < -0.4 is 0 Å². The predicted octanol–water partition coefficient (Wildman–Crippen LogP) is 4.41. The average Bonchev–Trinajstić information content (AvgIpc) is 2.47. The van der Waals surface area contributed by atoms with Crippen molar-refractivity contribution in [1.82, 2.24) is 0 Å². The maximum Gasteiger partial charge on any atom is -0.000179 e. The Morgan fingerprint density at radius 3 is 2.67 bits per heavy atom. The zero-order chi connectivity index (χ0) is 10.4. The van der Waals surface area contributed by atoms with Crippen LogP contribution in [-0.2, 0) is 0 Å². The molecule has 2 atom stereocenters. The molecule has 3 rings (SSSR count). The summed E-state index contributed by atoms with van der Waals surface area (Å²) in [5.74, 6) is 2.91. The maximum absolute atomic E-state index is 2.55. The molecule has 0 amide bonds. The summed E-state index contributed by atoms with van der Waals surface area (Å²) in [6, 6.07) is 0. The number of rotatable bonds is 0. The second-order valence-electron chi connectivity index (χ2n) is 6.05. The Morgan fingerprint density at radius 2 is 1.80 bits per heavy atom. The minimum atomic E-state index is 0.715. The molecule has 1 saturated heterocycles. The fraction of sp³-hybridized carbons (Fsp3) is 0.857. The summed E-state index contributed by atoms with van der Waals surface area (Å²) in [5, 5.41) is 0. The van der Waals surface area contributed by atoms with Gasteiger partial charge in [-0.2, -0.15) is 11.8 Å². The smallest absolute Gasteiger partial charge is 0.000179 e. The van der Waals surface area contributed by atoms with Gasteiger partial charge >= 0.3 is 0 Å². The largest absolute Gasteiger partial charge is 0.161 e. The third kappa shape index (κ3) is 1.42. The summed E-state index contributed by atoms with van der Waals surface area (Å²) >= 11 is 2.24. The van der Waals surface area contributed by atoms with Crippen molar-refractivity contribution in [2.75, 3.05) is 11.5 Å². The Labute approximate surface area is 97.9 Å². The molecule has 1 heteroatoms. The molecule has 1 saturated carbocycles. The Balaban J connectivity index is 2.00.